The van der Waals surface area contributed by atoms with Crippen molar-refractivity contribution in [1.29, 1.82) is 0 Å². The summed E-state index contributed by atoms with van der Waals surface area (Å²) in [6.07, 6.45) is 0.556. The predicted molar refractivity (Wildman–Crippen MR) is 80.0 cm³/mol. The molecule has 0 aromatic rings. The molecule has 3 N–H and O–H groups in total. The maximum atomic E-state index is 12.2. The van der Waals surface area contributed by atoms with Crippen LogP contribution < -0.4 is 10.6 Å². The Morgan fingerprint density at radius 1 is 1.14 bits per heavy atom. The van der Waals surface area contributed by atoms with Gasteiger partial charge in [0, 0.05) is 12.6 Å². The standard InChI is InChI=1S/C14H27N3O4/c1-6-14(7-2,12(19)20)16-13(21)17(8-3)9-11(18)15-10(4)5/h10H,6-9H2,1-5H3,(H,15,18)(H,16,21)(H,19,20). The van der Waals surface area contributed by atoms with Crippen molar-refractivity contribution < 1.29 is 19.5 Å². The zero-order chi connectivity index (χ0) is 16.6. The average Bonchev–Trinajstić information content (AvgIpc) is 2.40. The normalized spacial score (nSPS) is 11.1. The van der Waals surface area contributed by atoms with Crippen LogP contribution in [0.1, 0.15) is 47.5 Å². The summed E-state index contributed by atoms with van der Waals surface area (Å²) in [5, 5.41) is 14.6. The van der Waals surface area contributed by atoms with Crippen LogP contribution in [0.3, 0.4) is 0 Å². The average molecular weight is 301 g/mol. The number of likely N-dealkylation sites (N-methyl/N-ethyl adjacent to an activating group) is 1. The highest BCUT2D eigenvalue weighted by atomic mass is 16.4. The molecule has 21 heavy (non-hydrogen) atoms. The van der Waals surface area contributed by atoms with Crippen molar-refractivity contribution in [3.63, 3.8) is 0 Å². The first-order valence-corrected chi connectivity index (χ1v) is 7.32. The predicted octanol–water partition coefficient (Wildman–Crippen LogP) is 1.19. The Kier molecular flexibility index (Phi) is 7.76. The van der Waals surface area contributed by atoms with Gasteiger partial charge in [-0.25, -0.2) is 9.59 Å². The third-order valence-electron chi connectivity index (χ3n) is 3.42. The van der Waals surface area contributed by atoms with E-state index in [0.717, 1.165) is 0 Å². The van der Waals surface area contributed by atoms with Crippen LogP contribution in [0.15, 0.2) is 0 Å². The molecule has 0 atom stereocenters. The zero-order valence-corrected chi connectivity index (χ0v) is 13.5. The van der Waals surface area contributed by atoms with Gasteiger partial charge in [-0.3, -0.25) is 4.79 Å². The molecule has 0 aliphatic rings. The third-order valence-corrected chi connectivity index (χ3v) is 3.42. The van der Waals surface area contributed by atoms with Crippen LogP contribution in [0.25, 0.3) is 0 Å². The third kappa shape index (κ3) is 5.61. The smallest absolute Gasteiger partial charge is 0.329 e. The highest BCUT2D eigenvalue weighted by molar-refractivity contribution is 5.88. The fourth-order valence-corrected chi connectivity index (χ4v) is 1.93. The van der Waals surface area contributed by atoms with E-state index in [0.29, 0.717) is 6.54 Å². The Morgan fingerprint density at radius 2 is 1.67 bits per heavy atom. The summed E-state index contributed by atoms with van der Waals surface area (Å²) < 4.78 is 0. The Balaban J connectivity index is 4.86. The lowest BCUT2D eigenvalue weighted by Crippen LogP contribution is -2.58. The Labute approximate surface area is 126 Å². The molecule has 0 spiro atoms. The van der Waals surface area contributed by atoms with E-state index in [9.17, 15) is 19.5 Å². The largest absolute Gasteiger partial charge is 0.480 e. The van der Waals surface area contributed by atoms with Gasteiger partial charge in [0.25, 0.3) is 0 Å². The molecule has 0 saturated heterocycles. The molecule has 7 heteroatoms. The Bertz CT molecular complexity index is 378. The lowest BCUT2D eigenvalue weighted by Gasteiger charge is -2.31. The van der Waals surface area contributed by atoms with Crippen LogP contribution in [0, 0.1) is 0 Å². The van der Waals surface area contributed by atoms with Gasteiger partial charge in [-0.05, 0) is 33.6 Å². The molecule has 122 valence electrons. The lowest BCUT2D eigenvalue weighted by atomic mass is 9.93. The summed E-state index contributed by atoms with van der Waals surface area (Å²) in [6, 6.07) is -0.550. The van der Waals surface area contributed by atoms with Gasteiger partial charge in [0.15, 0.2) is 0 Å². The van der Waals surface area contributed by atoms with Crippen molar-refractivity contribution in [3.8, 4) is 0 Å². The minimum atomic E-state index is -1.29. The summed E-state index contributed by atoms with van der Waals surface area (Å²) >= 11 is 0. The number of aliphatic carboxylic acids is 1. The van der Waals surface area contributed by atoms with E-state index >= 15 is 0 Å². The molecule has 0 aliphatic carbocycles. The molecule has 0 saturated carbocycles. The molecule has 0 rings (SSSR count). The van der Waals surface area contributed by atoms with Gasteiger partial charge in [-0.15, -0.1) is 0 Å². The summed E-state index contributed by atoms with van der Waals surface area (Å²) in [5.74, 6) is -1.33. The maximum Gasteiger partial charge on any atom is 0.329 e. The van der Waals surface area contributed by atoms with Crippen molar-refractivity contribution in [2.45, 2.75) is 59.0 Å². The number of urea groups is 1. The van der Waals surface area contributed by atoms with Gasteiger partial charge in [-0.1, -0.05) is 13.8 Å². The molecule has 0 bridgehead atoms. The number of carbonyl (C=O) groups is 3. The van der Waals surface area contributed by atoms with Gasteiger partial charge in [0.2, 0.25) is 5.91 Å². The summed E-state index contributed by atoms with van der Waals surface area (Å²) in [5.41, 5.74) is -1.29. The van der Waals surface area contributed by atoms with E-state index in [4.69, 9.17) is 0 Å². The van der Waals surface area contributed by atoms with Crippen LogP contribution in [0.2, 0.25) is 0 Å². The number of nitrogens with zero attached hydrogens (tertiary/aromatic N) is 1. The Hall–Kier alpha value is -1.79. The zero-order valence-electron chi connectivity index (χ0n) is 13.5. The van der Waals surface area contributed by atoms with Crippen molar-refractivity contribution in [1.82, 2.24) is 15.5 Å². The van der Waals surface area contributed by atoms with Crippen molar-refractivity contribution in [2.75, 3.05) is 13.1 Å². The molecular formula is C14H27N3O4. The quantitative estimate of drug-likeness (QED) is 0.627. The SMILES string of the molecule is CCN(CC(=O)NC(C)C)C(=O)NC(CC)(CC)C(=O)O. The van der Waals surface area contributed by atoms with E-state index in [1.807, 2.05) is 13.8 Å². The first-order valence-electron chi connectivity index (χ1n) is 7.32. The maximum absolute atomic E-state index is 12.2. The highest BCUT2D eigenvalue weighted by Gasteiger charge is 2.37. The van der Waals surface area contributed by atoms with Gasteiger partial charge >= 0.3 is 12.0 Å². The molecule has 3 amide bonds. The molecule has 0 heterocycles. The summed E-state index contributed by atoms with van der Waals surface area (Å²) in [4.78, 5) is 36.6. The van der Waals surface area contributed by atoms with Crippen LogP contribution in [-0.4, -0.2) is 52.6 Å². The number of rotatable bonds is 8. The molecule has 0 radical (unpaired) electrons. The molecule has 0 aliphatic heterocycles. The first kappa shape index (κ1) is 19.2. The van der Waals surface area contributed by atoms with Crippen LogP contribution >= 0.6 is 0 Å². The number of hydrogen-bond acceptors (Lipinski definition) is 3. The highest BCUT2D eigenvalue weighted by Crippen LogP contribution is 2.16. The van der Waals surface area contributed by atoms with E-state index in [-0.39, 0.29) is 31.3 Å². The number of carboxylic acids is 1. The monoisotopic (exact) mass is 301 g/mol. The minimum absolute atomic E-state index is 0.0105. The molecule has 0 aromatic carbocycles. The molecule has 7 nitrogen and oxygen atoms in total. The number of nitrogens with one attached hydrogen (secondary N) is 2. The van der Waals surface area contributed by atoms with Gasteiger partial charge < -0.3 is 20.6 Å². The molecule has 0 fully saturated rings. The fourth-order valence-electron chi connectivity index (χ4n) is 1.93. The van der Waals surface area contributed by atoms with Crippen LogP contribution in [-0.2, 0) is 9.59 Å². The number of hydrogen-bond donors (Lipinski definition) is 3. The van der Waals surface area contributed by atoms with Crippen molar-refractivity contribution in [2.24, 2.45) is 0 Å². The van der Waals surface area contributed by atoms with Crippen LogP contribution in [0.5, 0.6) is 0 Å². The first-order chi connectivity index (χ1) is 9.72. The lowest BCUT2D eigenvalue weighted by molar-refractivity contribution is -0.144. The summed E-state index contributed by atoms with van der Waals surface area (Å²) in [7, 11) is 0. The molecule has 0 aromatic heterocycles. The van der Waals surface area contributed by atoms with Crippen molar-refractivity contribution >= 4 is 17.9 Å². The van der Waals surface area contributed by atoms with E-state index in [1.54, 1.807) is 20.8 Å². The fraction of sp³-hybridized carbons (Fsp3) is 0.786. The summed E-state index contributed by atoms with van der Waals surface area (Å²) in [6.45, 7) is 9.04. The number of amides is 3. The van der Waals surface area contributed by atoms with Crippen LogP contribution in [0.4, 0.5) is 4.79 Å². The van der Waals surface area contributed by atoms with Gasteiger partial charge in [0.05, 0.1) is 0 Å². The van der Waals surface area contributed by atoms with E-state index < -0.39 is 17.5 Å². The Morgan fingerprint density at radius 3 is 2.00 bits per heavy atom. The number of carboxylic acid groups (broad SMARTS) is 1. The number of carbonyl (C=O) groups excluding carboxylic acids is 2. The molecular weight excluding hydrogens is 274 g/mol. The van der Waals surface area contributed by atoms with Crippen molar-refractivity contribution in [3.05, 3.63) is 0 Å². The van der Waals surface area contributed by atoms with Gasteiger partial charge in [0.1, 0.15) is 12.1 Å². The second-order valence-corrected chi connectivity index (χ2v) is 5.26. The minimum Gasteiger partial charge on any atom is -0.480 e. The van der Waals surface area contributed by atoms with E-state index in [2.05, 4.69) is 10.6 Å². The van der Waals surface area contributed by atoms with Gasteiger partial charge in [-0.2, -0.15) is 0 Å². The second kappa shape index (κ2) is 8.49. The second-order valence-electron chi connectivity index (χ2n) is 5.26. The topological polar surface area (TPSA) is 98.7 Å². The molecule has 0 unspecified atom stereocenters. The van der Waals surface area contributed by atoms with E-state index in [1.165, 1.54) is 4.90 Å².